The van der Waals surface area contributed by atoms with Gasteiger partial charge >= 0.3 is 0 Å². The molecule has 2 bridgehead atoms. The maximum Gasteiger partial charge on any atom is -0.0318 e. The van der Waals surface area contributed by atoms with Gasteiger partial charge in [0.15, 0.2) is 0 Å². The van der Waals surface area contributed by atoms with Crippen LogP contribution in [0.1, 0.15) is 45.4 Å². The second-order valence-electron chi connectivity index (χ2n) is 5.54. The summed E-state index contributed by atoms with van der Waals surface area (Å²) in [5, 5.41) is 0. The fourth-order valence-electron chi connectivity index (χ4n) is 4.25. The number of hydrogen-bond acceptors (Lipinski definition) is 0. The third-order valence-electron chi connectivity index (χ3n) is 4.59. The van der Waals surface area contributed by atoms with E-state index in [1.54, 1.807) is 38.5 Å². The zero-order valence-corrected chi connectivity index (χ0v) is 7.47. The standard InChI is InChI=1S/C11H18/c1-11-5-8-3-2-4-10(8)9(6-11)7-11/h8-10H,2-7H2,1H3. The molecule has 4 rings (SSSR count). The molecule has 62 valence electrons. The van der Waals surface area contributed by atoms with E-state index in [1.807, 2.05) is 0 Å². The highest BCUT2D eigenvalue weighted by Gasteiger charge is 2.53. The van der Waals surface area contributed by atoms with E-state index in [-0.39, 0.29) is 0 Å². The van der Waals surface area contributed by atoms with Crippen LogP contribution in [0.25, 0.3) is 0 Å². The van der Waals surface area contributed by atoms with E-state index >= 15 is 0 Å². The molecule has 4 fully saturated rings. The predicted octanol–water partition coefficient (Wildman–Crippen LogP) is 3.22. The topological polar surface area (TPSA) is 0 Å². The first kappa shape index (κ1) is 6.51. The quantitative estimate of drug-likeness (QED) is 0.497. The van der Waals surface area contributed by atoms with Crippen LogP contribution in [0.2, 0.25) is 0 Å². The first-order chi connectivity index (χ1) is 5.27. The summed E-state index contributed by atoms with van der Waals surface area (Å²) in [6.45, 7) is 2.51. The molecule has 0 radical (unpaired) electrons. The van der Waals surface area contributed by atoms with Gasteiger partial charge in [0.1, 0.15) is 0 Å². The van der Waals surface area contributed by atoms with E-state index in [1.165, 1.54) is 11.8 Å². The average Bonchev–Trinajstić information content (AvgIpc) is 2.31. The molecule has 0 aliphatic heterocycles. The highest BCUT2D eigenvalue weighted by molar-refractivity contribution is 5.03. The van der Waals surface area contributed by atoms with Crippen molar-refractivity contribution in [2.75, 3.05) is 0 Å². The molecule has 0 nitrogen and oxygen atoms in total. The number of rotatable bonds is 0. The molecule has 0 heteroatoms. The van der Waals surface area contributed by atoms with Crippen LogP contribution in [0.5, 0.6) is 0 Å². The molecule has 2 atom stereocenters. The Morgan fingerprint density at radius 1 is 1.00 bits per heavy atom. The molecule has 0 heterocycles. The van der Waals surface area contributed by atoms with Gasteiger partial charge in [-0.1, -0.05) is 19.8 Å². The van der Waals surface area contributed by atoms with Gasteiger partial charge in [-0.2, -0.15) is 0 Å². The molecule has 0 saturated heterocycles. The Balaban J connectivity index is 1.85. The summed E-state index contributed by atoms with van der Waals surface area (Å²) in [6, 6.07) is 0. The third kappa shape index (κ3) is 0.761. The minimum absolute atomic E-state index is 0.816. The van der Waals surface area contributed by atoms with Crippen LogP contribution in [0, 0.1) is 23.2 Å². The molecule has 0 amide bonds. The third-order valence-corrected chi connectivity index (χ3v) is 4.59. The molecular formula is C11H18. The molecule has 4 saturated carbocycles. The van der Waals surface area contributed by atoms with Crippen molar-refractivity contribution >= 4 is 0 Å². The van der Waals surface area contributed by atoms with Gasteiger partial charge in [-0.05, 0) is 48.9 Å². The van der Waals surface area contributed by atoms with Crippen LogP contribution >= 0.6 is 0 Å². The van der Waals surface area contributed by atoms with Gasteiger partial charge in [-0.25, -0.2) is 0 Å². The highest BCUT2D eigenvalue weighted by Crippen LogP contribution is 2.63. The number of hydrogen-bond donors (Lipinski definition) is 0. The normalized spacial score (nSPS) is 60.3. The SMILES string of the molecule is CC12CC3CCCC3C(C1)C2. The van der Waals surface area contributed by atoms with Gasteiger partial charge in [0, 0.05) is 0 Å². The van der Waals surface area contributed by atoms with Gasteiger partial charge < -0.3 is 0 Å². The van der Waals surface area contributed by atoms with E-state index in [4.69, 9.17) is 0 Å². The lowest BCUT2D eigenvalue weighted by atomic mass is 9.49. The van der Waals surface area contributed by atoms with Crippen molar-refractivity contribution in [1.29, 1.82) is 0 Å². The first-order valence-electron chi connectivity index (χ1n) is 5.27. The fourth-order valence-corrected chi connectivity index (χ4v) is 4.25. The van der Waals surface area contributed by atoms with E-state index in [0.717, 1.165) is 11.3 Å². The van der Waals surface area contributed by atoms with Crippen LogP contribution in [0.15, 0.2) is 0 Å². The molecule has 0 aromatic carbocycles. The van der Waals surface area contributed by atoms with E-state index in [9.17, 15) is 0 Å². The van der Waals surface area contributed by atoms with Crippen LogP contribution in [0.4, 0.5) is 0 Å². The first-order valence-corrected chi connectivity index (χ1v) is 5.27. The lowest BCUT2D eigenvalue weighted by molar-refractivity contribution is -0.0611. The Hall–Kier alpha value is 0. The van der Waals surface area contributed by atoms with Crippen molar-refractivity contribution in [2.45, 2.75) is 45.4 Å². The summed E-state index contributed by atoms with van der Waals surface area (Å²) < 4.78 is 0. The monoisotopic (exact) mass is 150 g/mol. The summed E-state index contributed by atoms with van der Waals surface area (Å²) in [7, 11) is 0. The van der Waals surface area contributed by atoms with Crippen molar-refractivity contribution < 1.29 is 0 Å². The van der Waals surface area contributed by atoms with Crippen LogP contribution in [0.3, 0.4) is 0 Å². The Bertz CT molecular complexity index is 176. The molecule has 11 heavy (non-hydrogen) atoms. The van der Waals surface area contributed by atoms with Crippen molar-refractivity contribution in [3.05, 3.63) is 0 Å². The summed E-state index contributed by atoms with van der Waals surface area (Å²) in [6.07, 6.45) is 9.42. The molecule has 4 aliphatic rings. The molecule has 0 aromatic heterocycles. The zero-order chi connectivity index (χ0) is 7.47. The van der Waals surface area contributed by atoms with Gasteiger partial charge in [0.05, 0.1) is 0 Å². The van der Waals surface area contributed by atoms with Gasteiger partial charge in [-0.3, -0.25) is 0 Å². The minimum atomic E-state index is 0.816. The molecule has 0 spiro atoms. The molecular weight excluding hydrogens is 132 g/mol. The van der Waals surface area contributed by atoms with Crippen molar-refractivity contribution in [2.24, 2.45) is 23.2 Å². The molecule has 4 aliphatic carbocycles. The maximum absolute atomic E-state index is 2.51. The van der Waals surface area contributed by atoms with Crippen molar-refractivity contribution in [3.63, 3.8) is 0 Å². The van der Waals surface area contributed by atoms with E-state index in [0.29, 0.717) is 0 Å². The Morgan fingerprint density at radius 3 is 2.55 bits per heavy atom. The van der Waals surface area contributed by atoms with Crippen molar-refractivity contribution in [3.8, 4) is 0 Å². The summed E-state index contributed by atoms with van der Waals surface area (Å²) >= 11 is 0. The molecule has 2 unspecified atom stereocenters. The van der Waals surface area contributed by atoms with Crippen LogP contribution < -0.4 is 0 Å². The Labute approximate surface area is 69.4 Å². The maximum atomic E-state index is 2.51. The highest BCUT2D eigenvalue weighted by atomic mass is 14.6. The van der Waals surface area contributed by atoms with E-state index in [2.05, 4.69) is 6.92 Å². The minimum Gasteiger partial charge on any atom is -0.0596 e. The Kier molecular flexibility index (Phi) is 1.09. The largest absolute Gasteiger partial charge is 0.0596 e. The zero-order valence-electron chi connectivity index (χ0n) is 7.47. The van der Waals surface area contributed by atoms with Crippen molar-refractivity contribution in [1.82, 2.24) is 0 Å². The fraction of sp³-hybridized carbons (Fsp3) is 1.00. The van der Waals surface area contributed by atoms with Gasteiger partial charge in [-0.15, -0.1) is 0 Å². The smallest absolute Gasteiger partial charge is 0.0318 e. The Morgan fingerprint density at radius 2 is 1.73 bits per heavy atom. The summed E-state index contributed by atoms with van der Waals surface area (Å²) in [4.78, 5) is 0. The van der Waals surface area contributed by atoms with Crippen LogP contribution in [-0.2, 0) is 0 Å². The van der Waals surface area contributed by atoms with Gasteiger partial charge in [0.2, 0.25) is 0 Å². The predicted molar refractivity (Wildman–Crippen MR) is 46.3 cm³/mol. The second kappa shape index (κ2) is 1.84. The summed E-state index contributed by atoms with van der Waals surface area (Å²) in [5.41, 5.74) is 0.816. The lowest BCUT2D eigenvalue weighted by Gasteiger charge is -2.56. The summed E-state index contributed by atoms with van der Waals surface area (Å²) in [5.74, 6) is 3.51. The lowest BCUT2D eigenvalue weighted by Crippen LogP contribution is -2.47. The molecule has 0 aromatic rings. The average molecular weight is 150 g/mol. The molecule has 0 N–H and O–H groups in total. The van der Waals surface area contributed by atoms with E-state index < -0.39 is 0 Å². The second-order valence-corrected chi connectivity index (χ2v) is 5.54. The van der Waals surface area contributed by atoms with Crippen LogP contribution in [-0.4, -0.2) is 0 Å². The van der Waals surface area contributed by atoms with Gasteiger partial charge in [0.25, 0.3) is 0 Å².